The van der Waals surface area contributed by atoms with Gasteiger partial charge < -0.3 is 15.5 Å². The second-order valence-corrected chi connectivity index (χ2v) is 3.18. The van der Waals surface area contributed by atoms with Crippen molar-refractivity contribution in [1.82, 2.24) is 10.3 Å². The number of carboxylic acids is 1. The summed E-state index contributed by atoms with van der Waals surface area (Å²) in [4.78, 5) is 26.1. The zero-order valence-electron chi connectivity index (χ0n) is 8.67. The number of hydrogen-bond donors (Lipinski definition) is 3. The van der Waals surface area contributed by atoms with E-state index < -0.39 is 24.5 Å². The highest BCUT2D eigenvalue weighted by molar-refractivity contribution is 5.97. The molecule has 3 N–H and O–H groups in total. The number of carbonyl (C=O) groups excluding carboxylic acids is 1. The minimum Gasteiger partial charge on any atom is -0.480 e. The van der Waals surface area contributed by atoms with Crippen molar-refractivity contribution in [2.24, 2.45) is 0 Å². The average Bonchev–Trinajstić information content (AvgIpc) is 2.25. The number of aliphatic carboxylic acids is 1. The molecule has 86 valence electrons. The smallest absolute Gasteiger partial charge is 0.328 e. The van der Waals surface area contributed by atoms with E-state index in [-0.39, 0.29) is 0 Å². The quantitative estimate of drug-likeness (QED) is 0.644. The predicted octanol–water partition coefficient (Wildman–Crippen LogP) is -0.435. The molecule has 0 aliphatic heterocycles. The topological polar surface area (TPSA) is 99.5 Å². The molecule has 1 heterocycles. The third-order valence-corrected chi connectivity index (χ3v) is 2.04. The van der Waals surface area contributed by atoms with Gasteiger partial charge in [0.15, 0.2) is 6.04 Å². The molecule has 0 fully saturated rings. The van der Waals surface area contributed by atoms with Crippen LogP contribution in [0.5, 0.6) is 0 Å². The van der Waals surface area contributed by atoms with Gasteiger partial charge in [-0.2, -0.15) is 0 Å². The summed E-state index contributed by atoms with van der Waals surface area (Å²) in [6.07, 6.45) is 1.53. The Morgan fingerprint density at radius 1 is 1.56 bits per heavy atom. The fourth-order valence-corrected chi connectivity index (χ4v) is 1.15. The molecule has 1 atom stereocenters. The molecule has 1 aromatic rings. The maximum Gasteiger partial charge on any atom is 0.328 e. The molecule has 0 saturated carbocycles. The van der Waals surface area contributed by atoms with E-state index in [0.717, 1.165) is 0 Å². The predicted molar refractivity (Wildman–Crippen MR) is 54.9 cm³/mol. The number of rotatable bonds is 4. The van der Waals surface area contributed by atoms with E-state index in [0.29, 0.717) is 11.3 Å². The van der Waals surface area contributed by atoms with E-state index in [1.165, 1.54) is 12.3 Å². The first-order valence-electron chi connectivity index (χ1n) is 4.62. The summed E-state index contributed by atoms with van der Waals surface area (Å²) in [7, 11) is 0. The summed E-state index contributed by atoms with van der Waals surface area (Å²) in [5.74, 6) is -1.84. The number of hydrogen-bond acceptors (Lipinski definition) is 4. The molecule has 0 spiro atoms. The highest BCUT2D eigenvalue weighted by atomic mass is 16.4. The van der Waals surface area contributed by atoms with Gasteiger partial charge in [-0.15, -0.1) is 0 Å². The van der Waals surface area contributed by atoms with Gasteiger partial charge >= 0.3 is 5.97 Å². The summed E-state index contributed by atoms with van der Waals surface area (Å²) < 4.78 is 0. The largest absolute Gasteiger partial charge is 0.480 e. The molecule has 0 bridgehead atoms. The molecule has 1 amide bonds. The summed E-state index contributed by atoms with van der Waals surface area (Å²) in [6.45, 7) is 0.990. The Bertz CT molecular complexity index is 406. The highest BCUT2D eigenvalue weighted by Gasteiger charge is 2.20. The van der Waals surface area contributed by atoms with Gasteiger partial charge in [-0.25, -0.2) is 4.79 Å². The Hall–Kier alpha value is -1.95. The van der Waals surface area contributed by atoms with E-state index in [4.69, 9.17) is 10.2 Å². The summed E-state index contributed by atoms with van der Waals surface area (Å²) in [6, 6.07) is 1.82. The van der Waals surface area contributed by atoms with Crippen LogP contribution in [0.15, 0.2) is 18.3 Å². The highest BCUT2D eigenvalue weighted by Crippen LogP contribution is 2.03. The van der Waals surface area contributed by atoms with Crippen molar-refractivity contribution in [3.05, 3.63) is 29.6 Å². The number of aliphatic hydroxyl groups excluding tert-OH is 1. The summed E-state index contributed by atoms with van der Waals surface area (Å²) in [5, 5.41) is 19.6. The van der Waals surface area contributed by atoms with Crippen molar-refractivity contribution in [1.29, 1.82) is 0 Å². The standard InChI is InChI=1S/C10H12N2O4/c1-6-7(3-2-4-11-6)9(14)12-8(5-13)10(15)16/h2-4,8,13H,5H2,1H3,(H,12,14)(H,15,16)/t8-/m0/s1. The van der Waals surface area contributed by atoms with Crippen molar-refractivity contribution in [2.75, 3.05) is 6.61 Å². The van der Waals surface area contributed by atoms with Crippen LogP contribution in [0.3, 0.4) is 0 Å². The van der Waals surface area contributed by atoms with Crippen molar-refractivity contribution in [3.8, 4) is 0 Å². The van der Waals surface area contributed by atoms with Gasteiger partial charge in [-0.05, 0) is 19.1 Å². The summed E-state index contributed by atoms with van der Waals surface area (Å²) >= 11 is 0. The van der Waals surface area contributed by atoms with E-state index in [1.54, 1.807) is 13.0 Å². The number of nitrogens with zero attached hydrogens (tertiary/aromatic N) is 1. The Labute approximate surface area is 91.9 Å². The molecule has 1 rings (SSSR count). The average molecular weight is 224 g/mol. The van der Waals surface area contributed by atoms with E-state index in [2.05, 4.69) is 10.3 Å². The van der Waals surface area contributed by atoms with Crippen LogP contribution in [0.1, 0.15) is 16.1 Å². The van der Waals surface area contributed by atoms with Crippen LogP contribution in [0.25, 0.3) is 0 Å². The molecule has 0 aliphatic rings. The van der Waals surface area contributed by atoms with Gasteiger partial charge in [0.1, 0.15) is 0 Å². The maximum atomic E-state index is 11.6. The number of carboxylic acid groups (broad SMARTS) is 1. The third kappa shape index (κ3) is 2.77. The summed E-state index contributed by atoms with van der Waals surface area (Å²) in [5.41, 5.74) is 0.796. The number of amides is 1. The molecular weight excluding hydrogens is 212 g/mol. The van der Waals surface area contributed by atoms with E-state index in [1.807, 2.05) is 0 Å². The number of aryl methyl sites for hydroxylation is 1. The SMILES string of the molecule is Cc1ncccc1C(=O)N[C@@H](CO)C(=O)O. The van der Waals surface area contributed by atoms with Gasteiger partial charge in [0.2, 0.25) is 0 Å². The molecule has 6 nitrogen and oxygen atoms in total. The molecule has 0 aliphatic carbocycles. The number of nitrogens with one attached hydrogen (secondary N) is 1. The Kier molecular flexibility index (Phi) is 3.96. The van der Waals surface area contributed by atoms with Crippen LogP contribution in [0.4, 0.5) is 0 Å². The second kappa shape index (κ2) is 5.22. The van der Waals surface area contributed by atoms with Gasteiger partial charge in [0, 0.05) is 11.9 Å². The minimum atomic E-state index is -1.30. The lowest BCUT2D eigenvalue weighted by Crippen LogP contribution is -2.43. The molecular formula is C10H12N2O4. The van der Waals surface area contributed by atoms with Crippen molar-refractivity contribution in [3.63, 3.8) is 0 Å². The fourth-order valence-electron chi connectivity index (χ4n) is 1.15. The molecule has 0 radical (unpaired) electrons. The van der Waals surface area contributed by atoms with Crippen molar-refractivity contribution >= 4 is 11.9 Å². The number of aliphatic hydroxyl groups is 1. The van der Waals surface area contributed by atoms with Gasteiger partial charge in [0.25, 0.3) is 5.91 Å². The van der Waals surface area contributed by atoms with Gasteiger partial charge in [0.05, 0.1) is 12.2 Å². The lowest BCUT2D eigenvalue weighted by molar-refractivity contribution is -0.140. The minimum absolute atomic E-state index is 0.294. The van der Waals surface area contributed by atoms with E-state index in [9.17, 15) is 9.59 Å². The maximum absolute atomic E-state index is 11.6. The molecule has 0 unspecified atom stereocenters. The van der Waals surface area contributed by atoms with Crippen LogP contribution >= 0.6 is 0 Å². The molecule has 16 heavy (non-hydrogen) atoms. The van der Waals surface area contributed by atoms with Crippen LogP contribution in [-0.2, 0) is 4.79 Å². The molecule has 0 saturated heterocycles. The number of carbonyl (C=O) groups is 2. The van der Waals surface area contributed by atoms with Crippen LogP contribution in [-0.4, -0.2) is 39.7 Å². The lowest BCUT2D eigenvalue weighted by Gasteiger charge is -2.12. The molecule has 0 aromatic carbocycles. The Morgan fingerprint density at radius 2 is 2.25 bits per heavy atom. The number of pyridine rings is 1. The first kappa shape index (κ1) is 12.1. The molecule has 6 heteroatoms. The first-order valence-corrected chi connectivity index (χ1v) is 4.62. The van der Waals surface area contributed by atoms with Crippen molar-refractivity contribution < 1.29 is 19.8 Å². The van der Waals surface area contributed by atoms with Gasteiger partial charge in [-0.1, -0.05) is 0 Å². The van der Waals surface area contributed by atoms with Crippen LogP contribution < -0.4 is 5.32 Å². The van der Waals surface area contributed by atoms with Crippen LogP contribution in [0, 0.1) is 6.92 Å². The Morgan fingerprint density at radius 3 is 2.75 bits per heavy atom. The molecule has 1 aromatic heterocycles. The Balaban J connectivity index is 2.80. The first-order chi connectivity index (χ1) is 7.56. The van der Waals surface area contributed by atoms with Gasteiger partial charge in [-0.3, -0.25) is 9.78 Å². The lowest BCUT2D eigenvalue weighted by atomic mass is 10.2. The zero-order chi connectivity index (χ0) is 12.1. The fraction of sp³-hybridized carbons (Fsp3) is 0.300. The second-order valence-electron chi connectivity index (χ2n) is 3.18. The van der Waals surface area contributed by atoms with E-state index >= 15 is 0 Å². The third-order valence-electron chi connectivity index (χ3n) is 2.04. The monoisotopic (exact) mass is 224 g/mol. The normalized spacial score (nSPS) is 11.9. The van der Waals surface area contributed by atoms with Crippen molar-refractivity contribution in [2.45, 2.75) is 13.0 Å². The number of aromatic nitrogens is 1. The van der Waals surface area contributed by atoms with Crippen LogP contribution in [0.2, 0.25) is 0 Å². The zero-order valence-corrected chi connectivity index (χ0v) is 8.67.